The van der Waals surface area contributed by atoms with Gasteiger partial charge in [-0.2, -0.15) is 0 Å². The zero-order valence-electron chi connectivity index (χ0n) is 13.6. The number of aryl methyl sites for hydroxylation is 1. The fourth-order valence-corrected chi connectivity index (χ4v) is 3.33. The van der Waals surface area contributed by atoms with Crippen LogP contribution in [-0.4, -0.2) is 16.2 Å². The molecule has 0 spiro atoms. The predicted molar refractivity (Wildman–Crippen MR) is 95.2 cm³/mol. The van der Waals surface area contributed by atoms with Crippen molar-refractivity contribution in [2.24, 2.45) is 0 Å². The van der Waals surface area contributed by atoms with Gasteiger partial charge in [-0.15, -0.1) is 0 Å². The van der Waals surface area contributed by atoms with Gasteiger partial charge in [-0.3, -0.25) is 10.1 Å². The molecule has 0 amide bonds. The molecule has 0 aliphatic carbocycles. The van der Waals surface area contributed by atoms with E-state index in [1.165, 1.54) is 36.7 Å². The topological polar surface area (TPSA) is 73.1 Å². The van der Waals surface area contributed by atoms with Crippen LogP contribution in [0.4, 0.5) is 5.69 Å². The van der Waals surface area contributed by atoms with E-state index in [1.807, 2.05) is 24.3 Å². The van der Waals surface area contributed by atoms with E-state index in [2.05, 4.69) is 11.9 Å². The van der Waals surface area contributed by atoms with Crippen LogP contribution < -0.4 is 0 Å². The number of hydrogen-bond donors (Lipinski definition) is 0. The summed E-state index contributed by atoms with van der Waals surface area (Å²) in [4.78, 5) is 26.1. The largest absolute Gasteiger partial charge is 0.302 e. The normalized spacial score (nSPS) is 11.9. The summed E-state index contributed by atoms with van der Waals surface area (Å²) < 4.78 is 0. The molecule has 0 radical (unpaired) electrons. The molecule has 0 aliphatic rings. The van der Waals surface area contributed by atoms with Crippen molar-refractivity contribution in [1.29, 1.82) is 0 Å². The van der Waals surface area contributed by atoms with Crippen LogP contribution in [0.1, 0.15) is 42.6 Å². The second-order valence-electron chi connectivity index (χ2n) is 5.46. The molecule has 0 bridgehead atoms. The van der Waals surface area contributed by atoms with Crippen molar-refractivity contribution in [2.45, 2.75) is 42.9 Å². The van der Waals surface area contributed by atoms with Gasteiger partial charge in [0.2, 0.25) is 0 Å². The number of pyridine rings is 1. The Labute approximate surface area is 145 Å². The van der Waals surface area contributed by atoms with Crippen molar-refractivity contribution >= 4 is 23.7 Å². The van der Waals surface area contributed by atoms with Crippen molar-refractivity contribution < 1.29 is 9.72 Å². The zero-order chi connectivity index (χ0) is 17.4. The average molecular weight is 344 g/mol. The highest BCUT2D eigenvalue weighted by atomic mass is 32.2. The molecule has 0 N–H and O–H groups in total. The fraction of sp³-hybridized carbons (Fsp3) is 0.333. The first-order valence-corrected chi connectivity index (χ1v) is 8.84. The molecule has 6 heteroatoms. The fourth-order valence-electron chi connectivity index (χ4n) is 2.36. The lowest BCUT2D eigenvalue weighted by Gasteiger charge is -2.11. The molecule has 0 saturated heterocycles. The molecule has 1 aromatic carbocycles. The Morgan fingerprint density at radius 1 is 1.25 bits per heavy atom. The molecular formula is C18H20N2O3S. The van der Waals surface area contributed by atoms with Crippen LogP contribution in [0.5, 0.6) is 0 Å². The first-order valence-electron chi connectivity index (χ1n) is 7.96. The molecule has 5 nitrogen and oxygen atoms in total. The van der Waals surface area contributed by atoms with E-state index in [9.17, 15) is 14.9 Å². The van der Waals surface area contributed by atoms with Gasteiger partial charge in [0, 0.05) is 12.3 Å². The maximum absolute atomic E-state index is 11.5. The smallest absolute Gasteiger partial charge is 0.301 e. The van der Waals surface area contributed by atoms with Crippen LogP contribution in [-0.2, 0) is 11.2 Å². The van der Waals surface area contributed by atoms with Crippen molar-refractivity contribution in [2.75, 3.05) is 0 Å². The Kier molecular flexibility index (Phi) is 6.93. The van der Waals surface area contributed by atoms with Gasteiger partial charge in [-0.25, -0.2) is 4.98 Å². The van der Waals surface area contributed by atoms with Gasteiger partial charge in [0.05, 0.1) is 10.2 Å². The molecular weight excluding hydrogens is 324 g/mol. The van der Waals surface area contributed by atoms with Crippen LogP contribution in [0.2, 0.25) is 0 Å². The van der Waals surface area contributed by atoms with Crippen molar-refractivity contribution in [1.82, 2.24) is 4.98 Å². The summed E-state index contributed by atoms with van der Waals surface area (Å²) in [5.41, 5.74) is 1.99. The minimum Gasteiger partial charge on any atom is -0.302 e. The van der Waals surface area contributed by atoms with Crippen LogP contribution >= 0.6 is 11.8 Å². The number of aromatic nitrogens is 1. The highest BCUT2D eigenvalue weighted by Crippen LogP contribution is 2.37. The Morgan fingerprint density at radius 3 is 2.62 bits per heavy atom. The third-order valence-corrected chi connectivity index (χ3v) is 4.86. The number of unbranched alkanes of at least 4 members (excludes halogenated alkanes) is 2. The molecule has 0 aliphatic heterocycles. The molecule has 24 heavy (non-hydrogen) atoms. The average Bonchev–Trinajstić information content (AvgIpc) is 2.61. The van der Waals surface area contributed by atoms with Crippen molar-refractivity contribution in [3.63, 3.8) is 0 Å². The van der Waals surface area contributed by atoms with Gasteiger partial charge in [-0.1, -0.05) is 55.8 Å². The van der Waals surface area contributed by atoms with Gasteiger partial charge in [0.25, 0.3) is 0 Å². The third-order valence-electron chi connectivity index (χ3n) is 3.69. The number of nitro groups is 1. The number of rotatable bonds is 9. The van der Waals surface area contributed by atoms with Gasteiger partial charge < -0.3 is 4.79 Å². The Hall–Kier alpha value is -2.21. The van der Waals surface area contributed by atoms with Crippen LogP contribution in [0.15, 0.2) is 47.6 Å². The lowest BCUT2D eigenvalue weighted by molar-refractivity contribution is -0.388. The summed E-state index contributed by atoms with van der Waals surface area (Å²) in [6, 6.07) is 10.8. The van der Waals surface area contributed by atoms with E-state index in [4.69, 9.17) is 0 Å². The molecule has 1 heterocycles. The molecule has 1 atom stereocenters. The minimum absolute atomic E-state index is 0.0782. The van der Waals surface area contributed by atoms with E-state index >= 15 is 0 Å². The van der Waals surface area contributed by atoms with E-state index in [0.717, 1.165) is 36.5 Å². The summed E-state index contributed by atoms with van der Waals surface area (Å²) in [5, 5.41) is 10.8. The number of benzene rings is 1. The predicted octanol–water partition coefficient (Wildman–Crippen LogP) is 4.75. The van der Waals surface area contributed by atoms with Crippen LogP contribution in [0, 0.1) is 10.1 Å². The molecule has 1 aromatic heterocycles. The highest BCUT2D eigenvalue weighted by Gasteiger charge is 2.20. The van der Waals surface area contributed by atoms with E-state index in [-0.39, 0.29) is 10.7 Å². The lowest BCUT2D eigenvalue weighted by atomic mass is 10.0. The van der Waals surface area contributed by atoms with E-state index < -0.39 is 10.2 Å². The second-order valence-corrected chi connectivity index (χ2v) is 6.59. The quantitative estimate of drug-likeness (QED) is 0.216. The first-order chi connectivity index (χ1) is 11.7. The van der Waals surface area contributed by atoms with Gasteiger partial charge >= 0.3 is 5.69 Å². The SMILES string of the molecule is CCCCCc1ccc(C(C=O)Sc2ncccc2[N+](=O)[O-])cc1. The van der Waals surface area contributed by atoms with Crippen molar-refractivity contribution in [3.8, 4) is 0 Å². The molecule has 126 valence electrons. The van der Waals surface area contributed by atoms with E-state index in [1.54, 1.807) is 0 Å². The number of carbonyl (C=O) groups is 1. The van der Waals surface area contributed by atoms with Crippen LogP contribution in [0.25, 0.3) is 0 Å². The summed E-state index contributed by atoms with van der Waals surface area (Å²) in [5.74, 6) is 0. The maximum atomic E-state index is 11.5. The summed E-state index contributed by atoms with van der Waals surface area (Å²) in [7, 11) is 0. The Balaban J connectivity index is 2.11. The lowest BCUT2D eigenvalue weighted by Crippen LogP contribution is -1.99. The second kappa shape index (κ2) is 9.17. The number of aldehydes is 1. The Bertz CT molecular complexity index is 689. The van der Waals surface area contributed by atoms with Gasteiger partial charge in [-0.05, 0) is 30.0 Å². The molecule has 2 rings (SSSR count). The third kappa shape index (κ3) is 4.89. The molecule has 1 unspecified atom stereocenters. The van der Waals surface area contributed by atoms with Crippen molar-refractivity contribution in [3.05, 3.63) is 63.8 Å². The molecule has 0 fully saturated rings. The van der Waals surface area contributed by atoms with Gasteiger partial charge in [0.1, 0.15) is 6.29 Å². The number of hydrogen-bond acceptors (Lipinski definition) is 5. The first kappa shape index (κ1) is 18.1. The number of thioether (sulfide) groups is 1. The molecule has 2 aromatic rings. The summed E-state index contributed by atoms with van der Waals surface area (Å²) >= 11 is 1.10. The maximum Gasteiger partial charge on any atom is 0.301 e. The zero-order valence-corrected chi connectivity index (χ0v) is 14.4. The highest BCUT2D eigenvalue weighted by molar-refractivity contribution is 8.00. The molecule has 0 saturated carbocycles. The Morgan fingerprint density at radius 2 is 2.00 bits per heavy atom. The monoisotopic (exact) mass is 344 g/mol. The number of carbonyl (C=O) groups excluding carboxylic acids is 1. The standard InChI is InChI=1S/C18H20N2O3S/c1-2-3-4-6-14-8-10-15(11-9-14)17(13-21)24-18-16(20(22)23)7-5-12-19-18/h5,7-13,17H,2-4,6H2,1H3. The summed E-state index contributed by atoms with van der Waals surface area (Å²) in [6.45, 7) is 2.17. The minimum atomic E-state index is -0.511. The summed E-state index contributed by atoms with van der Waals surface area (Å²) in [6.07, 6.45) is 6.87. The van der Waals surface area contributed by atoms with Gasteiger partial charge in [0.15, 0.2) is 5.03 Å². The van der Waals surface area contributed by atoms with Crippen LogP contribution in [0.3, 0.4) is 0 Å². The number of nitrogens with zero attached hydrogens (tertiary/aromatic N) is 2. The van der Waals surface area contributed by atoms with E-state index in [0.29, 0.717) is 0 Å².